The molecule has 26 heavy (non-hydrogen) atoms. The Morgan fingerprint density at radius 2 is 1.92 bits per heavy atom. The van der Waals surface area contributed by atoms with Gasteiger partial charge in [0.05, 0.1) is 16.7 Å². The van der Waals surface area contributed by atoms with Gasteiger partial charge >= 0.3 is 0 Å². The number of carbonyl (C=O) groups is 1. The molecule has 1 saturated heterocycles. The van der Waals surface area contributed by atoms with Crippen molar-refractivity contribution in [1.29, 1.82) is 0 Å². The third kappa shape index (κ3) is 2.66. The van der Waals surface area contributed by atoms with E-state index >= 15 is 0 Å². The van der Waals surface area contributed by atoms with Crippen LogP contribution in [0.1, 0.15) is 25.0 Å². The van der Waals surface area contributed by atoms with Gasteiger partial charge in [0.2, 0.25) is 5.91 Å². The van der Waals surface area contributed by atoms with E-state index in [0.29, 0.717) is 24.3 Å². The van der Waals surface area contributed by atoms with Crippen LogP contribution in [0.3, 0.4) is 0 Å². The third-order valence-electron chi connectivity index (χ3n) is 5.35. The predicted molar refractivity (Wildman–Crippen MR) is 98.3 cm³/mol. The van der Waals surface area contributed by atoms with Gasteiger partial charge in [0, 0.05) is 43.9 Å². The minimum atomic E-state index is 0.306. The zero-order chi connectivity index (χ0) is 17.7. The molecule has 0 radical (unpaired) electrons. The van der Waals surface area contributed by atoms with Crippen LogP contribution < -0.4 is 0 Å². The maximum atomic E-state index is 12.2. The number of aromatic nitrogens is 4. The second-order valence-electron chi connectivity index (χ2n) is 7.40. The summed E-state index contributed by atoms with van der Waals surface area (Å²) in [5.41, 5.74) is 3.46. The van der Waals surface area contributed by atoms with Crippen molar-refractivity contribution in [3.8, 4) is 11.5 Å². The molecular formula is C20H21N5O. The molecule has 0 N–H and O–H groups in total. The van der Waals surface area contributed by atoms with E-state index in [2.05, 4.69) is 19.4 Å². The topological polar surface area (TPSA) is 63.9 Å². The molecule has 2 fully saturated rings. The fourth-order valence-electron chi connectivity index (χ4n) is 3.92. The van der Waals surface area contributed by atoms with Gasteiger partial charge in [0.25, 0.3) is 0 Å². The molecule has 1 atom stereocenters. The first kappa shape index (κ1) is 15.5. The highest BCUT2D eigenvalue weighted by molar-refractivity contribution is 5.79. The van der Waals surface area contributed by atoms with Crippen molar-refractivity contribution in [3.63, 3.8) is 0 Å². The Balaban J connectivity index is 1.44. The van der Waals surface area contributed by atoms with E-state index in [1.54, 1.807) is 6.20 Å². The largest absolute Gasteiger partial charge is 0.339 e. The maximum absolute atomic E-state index is 12.2. The monoisotopic (exact) mass is 347 g/mol. The van der Waals surface area contributed by atoms with Gasteiger partial charge in [-0.05, 0) is 31.9 Å². The van der Waals surface area contributed by atoms with Gasteiger partial charge in [-0.25, -0.2) is 15.0 Å². The van der Waals surface area contributed by atoms with Crippen LogP contribution in [0, 0.1) is 12.8 Å². The molecule has 6 heteroatoms. The number of para-hydroxylation sites is 2. The van der Waals surface area contributed by atoms with E-state index in [1.807, 2.05) is 37.4 Å². The molecule has 1 saturated carbocycles. The second-order valence-corrected chi connectivity index (χ2v) is 7.40. The van der Waals surface area contributed by atoms with Crippen molar-refractivity contribution in [3.05, 3.63) is 42.4 Å². The summed E-state index contributed by atoms with van der Waals surface area (Å²) in [6, 6.07) is 8.39. The Morgan fingerprint density at radius 1 is 1.15 bits per heavy atom. The molecule has 132 valence electrons. The highest BCUT2D eigenvalue weighted by Gasteiger charge is 2.39. The average Bonchev–Trinajstić information content (AvgIpc) is 3.27. The highest BCUT2D eigenvalue weighted by atomic mass is 16.2. The van der Waals surface area contributed by atoms with Gasteiger partial charge in [-0.3, -0.25) is 4.79 Å². The smallest absolute Gasteiger partial charge is 0.223 e. The summed E-state index contributed by atoms with van der Waals surface area (Å²) in [6.07, 6.45) is 6.76. The molecule has 0 bridgehead atoms. The zero-order valence-electron chi connectivity index (χ0n) is 14.8. The fraction of sp³-hybridized carbons (Fsp3) is 0.400. The Labute approximate surface area is 151 Å². The maximum Gasteiger partial charge on any atom is 0.223 e. The second kappa shape index (κ2) is 5.90. The number of aryl methyl sites for hydroxylation is 1. The Bertz CT molecular complexity index is 991. The molecular weight excluding hydrogens is 326 g/mol. The van der Waals surface area contributed by atoms with Crippen molar-refractivity contribution in [2.24, 2.45) is 5.92 Å². The standard InChI is InChI=1S/C20H21N5O/c1-13-19(23-17-5-3-2-4-16(17)22-13)20-21-8-9-24(20)11-14-10-18(26)25(12-14)15-6-7-15/h2-5,8-9,14-15H,6-7,10-12H2,1H3. The Morgan fingerprint density at radius 3 is 2.69 bits per heavy atom. The minimum absolute atomic E-state index is 0.306. The molecule has 5 rings (SSSR count). The highest BCUT2D eigenvalue weighted by Crippen LogP contribution is 2.33. The number of carbonyl (C=O) groups excluding carboxylic acids is 1. The number of nitrogens with zero attached hydrogens (tertiary/aromatic N) is 5. The SMILES string of the molecule is Cc1nc2ccccc2nc1-c1nccn1CC1CC(=O)N(C2CC2)C1. The summed E-state index contributed by atoms with van der Waals surface area (Å²) in [4.78, 5) is 28.3. The van der Waals surface area contributed by atoms with Crippen LogP contribution in [0.15, 0.2) is 36.7 Å². The lowest BCUT2D eigenvalue weighted by molar-refractivity contribution is -0.128. The molecule has 1 unspecified atom stereocenters. The lowest BCUT2D eigenvalue weighted by Crippen LogP contribution is -2.27. The van der Waals surface area contributed by atoms with Crippen molar-refractivity contribution in [1.82, 2.24) is 24.4 Å². The molecule has 1 aliphatic heterocycles. The van der Waals surface area contributed by atoms with E-state index in [-0.39, 0.29) is 0 Å². The van der Waals surface area contributed by atoms with Crippen LogP contribution in [0.25, 0.3) is 22.6 Å². The summed E-state index contributed by atoms with van der Waals surface area (Å²) >= 11 is 0. The summed E-state index contributed by atoms with van der Waals surface area (Å²) in [5.74, 6) is 1.48. The molecule has 2 aromatic heterocycles. The van der Waals surface area contributed by atoms with E-state index in [1.165, 1.54) is 12.8 Å². The van der Waals surface area contributed by atoms with Gasteiger partial charge < -0.3 is 9.47 Å². The van der Waals surface area contributed by atoms with Gasteiger partial charge in [-0.15, -0.1) is 0 Å². The normalized spacial score (nSPS) is 20.3. The first-order valence-electron chi connectivity index (χ1n) is 9.23. The van der Waals surface area contributed by atoms with Crippen LogP contribution >= 0.6 is 0 Å². The van der Waals surface area contributed by atoms with Gasteiger partial charge in [0.15, 0.2) is 5.82 Å². The third-order valence-corrected chi connectivity index (χ3v) is 5.35. The minimum Gasteiger partial charge on any atom is -0.339 e. The zero-order valence-corrected chi connectivity index (χ0v) is 14.8. The van der Waals surface area contributed by atoms with Crippen molar-refractivity contribution >= 4 is 16.9 Å². The summed E-state index contributed by atoms with van der Waals surface area (Å²) in [5, 5.41) is 0. The van der Waals surface area contributed by atoms with Crippen LogP contribution in [0.2, 0.25) is 0 Å². The van der Waals surface area contributed by atoms with Crippen molar-refractivity contribution < 1.29 is 4.79 Å². The number of fused-ring (bicyclic) bond motifs is 1. The van der Waals surface area contributed by atoms with Crippen LogP contribution in [0.5, 0.6) is 0 Å². The summed E-state index contributed by atoms with van der Waals surface area (Å²) in [7, 11) is 0. The lowest BCUT2D eigenvalue weighted by atomic mass is 10.1. The van der Waals surface area contributed by atoms with E-state index < -0.39 is 0 Å². The average molecular weight is 347 g/mol. The van der Waals surface area contributed by atoms with Gasteiger partial charge in [-0.1, -0.05) is 12.1 Å². The fourth-order valence-corrected chi connectivity index (χ4v) is 3.92. The summed E-state index contributed by atoms with van der Waals surface area (Å²) in [6.45, 7) is 3.63. The molecule has 1 aliphatic carbocycles. The Hall–Kier alpha value is -2.76. The molecule has 3 heterocycles. The molecule has 6 nitrogen and oxygen atoms in total. The van der Waals surface area contributed by atoms with E-state index in [4.69, 9.17) is 4.98 Å². The first-order valence-corrected chi connectivity index (χ1v) is 9.23. The van der Waals surface area contributed by atoms with E-state index in [9.17, 15) is 4.79 Å². The van der Waals surface area contributed by atoms with Gasteiger partial charge in [-0.2, -0.15) is 0 Å². The number of rotatable bonds is 4. The number of hydrogen-bond donors (Lipinski definition) is 0. The lowest BCUT2D eigenvalue weighted by Gasteiger charge is -2.16. The van der Waals surface area contributed by atoms with Crippen molar-refractivity contribution in [2.75, 3.05) is 6.54 Å². The Kier molecular flexibility index (Phi) is 3.51. The molecule has 0 spiro atoms. The molecule has 2 aliphatic rings. The first-order chi connectivity index (χ1) is 12.7. The van der Waals surface area contributed by atoms with Crippen LogP contribution in [-0.4, -0.2) is 42.9 Å². The van der Waals surface area contributed by atoms with Crippen molar-refractivity contribution in [2.45, 2.75) is 38.8 Å². The predicted octanol–water partition coefficient (Wildman–Crippen LogP) is 2.81. The quantitative estimate of drug-likeness (QED) is 0.728. The van der Waals surface area contributed by atoms with E-state index in [0.717, 1.165) is 41.3 Å². The summed E-state index contributed by atoms with van der Waals surface area (Å²) < 4.78 is 2.13. The molecule has 3 aromatic rings. The van der Waals surface area contributed by atoms with Crippen LogP contribution in [-0.2, 0) is 11.3 Å². The number of benzene rings is 1. The van der Waals surface area contributed by atoms with Gasteiger partial charge in [0.1, 0.15) is 5.69 Å². The number of imidazole rings is 1. The molecule has 1 amide bonds. The number of likely N-dealkylation sites (tertiary alicyclic amines) is 1. The van der Waals surface area contributed by atoms with Crippen LogP contribution in [0.4, 0.5) is 0 Å². The number of amides is 1. The molecule has 1 aromatic carbocycles. The number of hydrogen-bond acceptors (Lipinski definition) is 4.